The van der Waals surface area contributed by atoms with Crippen molar-refractivity contribution in [1.29, 1.82) is 0 Å². The van der Waals surface area contributed by atoms with E-state index in [1.807, 2.05) is 6.92 Å². The van der Waals surface area contributed by atoms with E-state index in [9.17, 15) is 0 Å². The van der Waals surface area contributed by atoms with Crippen molar-refractivity contribution in [2.75, 3.05) is 6.61 Å². The third-order valence-electron chi connectivity index (χ3n) is 1.36. The predicted molar refractivity (Wildman–Crippen MR) is 47.4 cm³/mol. The smallest absolute Gasteiger partial charge is 0.273 e. The van der Waals surface area contributed by atoms with Gasteiger partial charge in [-0.25, -0.2) is 4.98 Å². The van der Waals surface area contributed by atoms with Gasteiger partial charge in [-0.05, 0) is 12.8 Å². The Hall–Kier alpha value is -0.570. The zero-order valence-corrected chi connectivity index (χ0v) is 7.94. The summed E-state index contributed by atoms with van der Waals surface area (Å²) in [6.45, 7) is 6.93. The van der Waals surface area contributed by atoms with E-state index in [1.54, 1.807) is 11.3 Å². The molecule has 0 saturated carbocycles. The van der Waals surface area contributed by atoms with Crippen molar-refractivity contribution in [3.05, 3.63) is 11.1 Å². The van der Waals surface area contributed by atoms with Crippen molar-refractivity contribution in [1.82, 2.24) is 4.98 Å². The molecule has 0 aliphatic rings. The van der Waals surface area contributed by atoms with Crippen LogP contribution in [0.3, 0.4) is 0 Å². The maximum Gasteiger partial charge on any atom is 0.273 e. The highest BCUT2D eigenvalue weighted by atomic mass is 32.1. The van der Waals surface area contributed by atoms with Crippen LogP contribution in [-0.4, -0.2) is 11.6 Å². The van der Waals surface area contributed by atoms with Gasteiger partial charge in [0.1, 0.15) is 0 Å². The molecule has 0 aromatic carbocycles. The summed E-state index contributed by atoms with van der Waals surface area (Å²) in [6, 6.07) is 0. The molecule has 1 aromatic rings. The largest absolute Gasteiger partial charge is 0.470 e. The van der Waals surface area contributed by atoms with Crippen LogP contribution in [0.1, 0.15) is 32.4 Å². The van der Waals surface area contributed by atoms with Crippen molar-refractivity contribution in [3.8, 4) is 5.19 Å². The van der Waals surface area contributed by atoms with Gasteiger partial charge >= 0.3 is 0 Å². The fraction of sp³-hybridized carbons (Fsp3) is 0.625. The average molecular weight is 171 g/mol. The van der Waals surface area contributed by atoms with Crippen molar-refractivity contribution in [2.24, 2.45) is 0 Å². The summed E-state index contributed by atoms with van der Waals surface area (Å²) in [6.07, 6.45) is 0. The van der Waals surface area contributed by atoms with Crippen molar-refractivity contribution in [3.63, 3.8) is 0 Å². The maximum absolute atomic E-state index is 5.24. The maximum atomic E-state index is 5.24. The minimum atomic E-state index is 0.500. The zero-order chi connectivity index (χ0) is 8.27. The van der Waals surface area contributed by atoms with Gasteiger partial charge < -0.3 is 4.74 Å². The minimum absolute atomic E-state index is 0.500. The second-order valence-electron chi connectivity index (χ2n) is 2.63. The Morgan fingerprint density at radius 1 is 1.64 bits per heavy atom. The van der Waals surface area contributed by atoms with Gasteiger partial charge in [0.2, 0.25) is 0 Å². The lowest BCUT2D eigenvalue weighted by atomic mass is 10.2. The van der Waals surface area contributed by atoms with Crippen molar-refractivity contribution < 1.29 is 4.74 Å². The molecule has 0 unspecified atom stereocenters. The SMILES string of the molecule is CCOc1nc(C(C)C)cs1. The second-order valence-corrected chi connectivity index (χ2v) is 3.45. The molecule has 1 aromatic heterocycles. The van der Waals surface area contributed by atoms with Crippen LogP contribution in [0, 0.1) is 0 Å². The van der Waals surface area contributed by atoms with E-state index in [1.165, 1.54) is 0 Å². The molecule has 11 heavy (non-hydrogen) atoms. The Kier molecular flexibility index (Phi) is 2.88. The number of hydrogen-bond acceptors (Lipinski definition) is 3. The topological polar surface area (TPSA) is 22.1 Å². The molecule has 1 rings (SSSR count). The van der Waals surface area contributed by atoms with Gasteiger partial charge in [0.25, 0.3) is 5.19 Å². The predicted octanol–water partition coefficient (Wildman–Crippen LogP) is 2.67. The molecule has 62 valence electrons. The first-order valence-corrected chi connectivity index (χ1v) is 4.70. The zero-order valence-electron chi connectivity index (χ0n) is 7.13. The fourth-order valence-electron chi connectivity index (χ4n) is 0.724. The van der Waals surface area contributed by atoms with Crippen LogP contribution in [0.15, 0.2) is 5.38 Å². The van der Waals surface area contributed by atoms with Crippen LogP contribution in [0.4, 0.5) is 0 Å². The third-order valence-corrected chi connectivity index (χ3v) is 2.13. The Morgan fingerprint density at radius 2 is 2.36 bits per heavy atom. The first kappa shape index (κ1) is 8.53. The molecule has 0 aliphatic heterocycles. The molecular weight excluding hydrogens is 158 g/mol. The first-order chi connectivity index (χ1) is 5.24. The lowest BCUT2D eigenvalue weighted by molar-refractivity contribution is 0.337. The van der Waals surface area contributed by atoms with Crippen LogP contribution in [0.5, 0.6) is 5.19 Å². The molecule has 0 atom stereocenters. The van der Waals surface area contributed by atoms with Gasteiger partial charge in [0.15, 0.2) is 0 Å². The normalized spacial score (nSPS) is 10.5. The van der Waals surface area contributed by atoms with Gasteiger partial charge in [-0.3, -0.25) is 0 Å². The van der Waals surface area contributed by atoms with Gasteiger partial charge in [-0.15, -0.1) is 0 Å². The number of aromatic nitrogens is 1. The lowest BCUT2D eigenvalue weighted by Gasteiger charge is -1.97. The van der Waals surface area contributed by atoms with Gasteiger partial charge in [0.05, 0.1) is 12.3 Å². The van der Waals surface area contributed by atoms with Gasteiger partial charge in [-0.1, -0.05) is 25.2 Å². The Morgan fingerprint density at radius 3 is 2.82 bits per heavy atom. The number of ether oxygens (including phenoxy) is 1. The first-order valence-electron chi connectivity index (χ1n) is 3.82. The lowest BCUT2D eigenvalue weighted by Crippen LogP contribution is -1.92. The van der Waals surface area contributed by atoms with E-state index in [4.69, 9.17) is 4.74 Å². The monoisotopic (exact) mass is 171 g/mol. The van der Waals surface area contributed by atoms with E-state index in [-0.39, 0.29) is 0 Å². The minimum Gasteiger partial charge on any atom is -0.470 e. The molecule has 0 bridgehead atoms. The molecule has 0 aliphatic carbocycles. The highest BCUT2D eigenvalue weighted by Gasteiger charge is 2.04. The molecule has 0 radical (unpaired) electrons. The van der Waals surface area contributed by atoms with Crippen LogP contribution >= 0.6 is 11.3 Å². The average Bonchev–Trinajstić information content (AvgIpc) is 2.37. The summed E-state index contributed by atoms with van der Waals surface area (Å²) in [4.78, 5) is 4.30. The summed E-state index contributed by atoms with van der Waals surface area (Å²) in [7, 11) is 0. The van der Waals surface area contributed by atoms with Gasteiger partial charge in [-0.2, -0.15) is 0 Å². The van der Waals surface area contributed by atoms with E-state index in [0.717, 1.165) is 10.9 Å². The molecule has 0 N–H and O–H groups in total. The third kappa shape index (κ3) is 2.19. The molecule has 0 amide bonds. The number of thiazole rings is 1. The van der Waals surface area contributed by atoms with E-state index >= 15 is 0 Å². The number of hydrogen-bond donors (Lipinski definition) is 0. The molecule has 0 saturated heterocycles. The summed E-state index contributed by atoms with van der Waals surface area (Å²) < 4.78 is 5.24. The summed E-state index contributed by atoms with van der Waals surface area (Å²) in [5, 5.41) is 2.84. The quantitative estimate of drug-likeness (QED) is 0.697. The summed E-state index contributed by atoms with van der Waals surface area (Å²) >= 11 is 1.57. The highest BCUT2D eigenvalue weighted by Crippen LogP contribution is 2.22. The Bertz CT molecular complexity index is 220. The van der Waals surface area contributed by atoms with Gasteiger partial charge in [0, 0.05) is 5.38 Å². The van der Waals surface area contributed by atoms with E-state index in [0.29, 0.717) is 12.5 Å². The Balaban J connectivity index is 2.66. The molecule has 3 heteroatoms. The molecular formula is C8H13NOS. The van der Waals surface area contributed by atoms with Crippen LogP contribution in [0.25, 0.3) is 0 Å². The number of rotatable bonds is 3. The van der Waals surface area contributed by atoms with Crippen LogP contribution in [-0.2, 0) is 0 Å². The molecule has 0 fully saturated rings. The fourth-order valence-corrected chi connectivity index (χ4v) is 1.61. The molecule has 0 spiro atoms. The van der Waals surface area contributed by atoms with E-state index in [2.05, 4.69) is 24.2 Å². The summed E-state index contributed by atoms with van der Waals surface area (Å²) in [5.74, 6) is 0.500. The molecule has 2 nitrogen and oxygen atoms in total. The van der Waals surface area contributed by atoms with E-state index < -0.39 is 0 Å². The molecule has 1 heterocycles. The van der Waals surface area contributed by atoms with Crippen LogP contribution < -0.4 is 4.74 Å². The standard InChI is InChI=1S/C8H13NOS/c1-4-10-8-9-7(5-11-8)6(2)3/h5-6H,4H2,1-3H3. The van der Waals surface area contributed by atoms with Crippen molar-refractivity contribution >= 4 is 11.3 Å². The number of nitrogens with zero attached hydrogens (tertiary/aromatic N) is 1. The van der Waals surface area contributed by atoms with Crippen LogP contribution in [0.2, 0.25) is 0 Å². The highest BCUT2D eigenvalue weighted by molar-refractivity contribution is 7.11. The second kappa shape index (κ2) is 3.72. The Labute approximate surface area is 71.2 Å². The summed E-state index contributed by atoms with van der Waals surface area (Å²) in [5.41, 5.74) is 1.12. The van der Waals surface area contributed by atoms with Crippen molar-refractivity contribution in [2.45, 2.75) is 26.7 Å².